The zero-order valence-corrected chi connectivity index (χ0v) is 20.7. The molecule has 0 spiro atoms. The van der Waals surface area contributed by atoms with E-state index in [-0.39, 0.29) is 42.3 Å². The molecule has 2 unspecified atom stereocenters. The van der Waals surface area contributed by atoms with E-state index in [1.165, 1.54) is 12.1 Å². The fourth-order valence-electron chi connectivity index (χ4n) is 4.04. The van der Waals surface area contributed by atoms with E-state index in [9.17, 15) is 22.8 Å². The summed E-state index contributed by atoms with van der Waals surface area (Å²) in [6.07, 6.45) is -3.35. The number of alkyl halides is 3. The van der Waals surface area contributed by atoms with E-state index < -0.39 is 18.8 Å². The molecular weight excluding hydrogens is 475 g/mol. The van der Waals surface area contributed by atoms with Crippen LogP contribution in [0.3, 0.4) is 0 Å². The molecular formula is C26H32F3N3O4. The van der Waals surface area contributed by atoms with Gasteiger partial charge in [0, 0.05) is 25.6 Å². The van der Waals surface area contributed by atoms with Crippen LogP contribution in [0, 0.1) is 0 Å². The predicted octanol–water partition coefficient (Wildman–Crippen LogP) is 4.07. The van der Waals surface area contributed by atoms with Crippen LogP contribution in [0.5, 0.6) is 11.5 Å². The first-order valence-corrected chi connectivity index (χ1v) is 11.9. The first kappa shape index (κ1) is 27.3. The Kier molecular flexibility index (Phi) is 9.19. The number of hydrogen-bond acceptors (Lipinski definition) is 6. The number of hydrogen-bond donors (Lipinski definition) is 2. The number of rotatable bonds is 12. The minimum absolute atomic E-state index is 0.000768. The van der Waals surface area contributed by atoms with E-state index in [2.05, 4.69) is 10.6 Å². The summed E-state index contributed by atoms with van der Waals surface area (Å²) >= 11 is 0. The smallest absolute Gasteiger partial charge is 0.422 e. The van der Waals surface area contributed by atoms with Crippen LogP contribution in [0.25, 0.3) is 0 Å². The molecule has 2 aromatic rings. The number of carbonyl (C=O) groups is 2. The highest BCUT2D eigenvalue weighted by Crippen LogP contribution is 2.29. The fraction of sp³-hybridized carbons (Fsp3) is 0.462. The minimum Gasteiger partial charge on any atom is -0.488 e. The molecule has 196 valence electrons. The van der Waals surface area contributed by atoms with Crippen molar-refractivity contribution in [3.63, 3.8) is 0 Å². The second kappa shape index (κ2) is 12.1. The maximum atomic E-state index is 13.1. The molecule has 0 aromatic heterocycles. The van der Waals surface area contributed by atoms with Gasteiger partial charge in [-0.05, 0) is 44.2 Å². The Labute approximate surface area is 208 Å². The van der Waals surface area contributed by atoms with Crippen LogP contribution in [0.2, 0.25) is 0 Å². The number of ether oxygens (including phenoxy) is 2. The lowest BCUT2D eigenvalue weighted by atomic mass is 10.0. The Morgan fingerprint density at radius 3 is 2.47 bits per heavy atom. The Morgan fingerprint density at radius 1 is 1.11 bits per heavy atom. The fourth-order valence-corrected chi connectivity index (χ4v) is 4.04. The molecule has 2 atom stereocenters. The lowest BCUT2D eigenvalue weighted by Gasteiger charge is -2.31. The van der Waals surface area contributed by atoms with Gasteiger partial charge in [0.1, 0.15) is 12.6 Å². The molecule has 0 saturated carbocycles. The maximum absolute atomic E-state index is 13.1. The highest BCUT2D eigenvalue weighted by atomic mass is 19.4. The Balaban J connectivity index is 1.61. The third-order valence-corrected chi connectivity index (χ3v) is 6.19. The number of benzene rings is 2. The molecule has 3 rings (SSSR count). The molecule has 2 N–H and O–H groups in total. The zero-order chi connectivity index (χ0) is 26.3. The number of nitrogens with one attached hydrogen (secondary N) is 2. The minimum atomic E-state index is -4.45. The van der Waals surface area contributed by atoms with Gasteiger partial charge in [-0.25, -0.2) is 0 Å². The number of fused-ring (bicyclic) bond motifs is 1. The number of carbonyl (C=O) groups excluding carboxylic acids is 2. The van der Waals surface area contributed by atoms with E-state index in [4.69, 9.17) is 9.47 Å². The molecule has 0 fully saturated rings. The van der Waals surface area contributed by atoms with Gasteiger partial charge in [0.2, 0.25) is 0 Å². The van der Waals surface area contributed by atoms with Crippen LogP contribution in [0.1, 0.15) is 36.2 Å². The van der Waals surface area contributed by atoms with Crippen LogP contribution in [0.15, 0.2) is 42.5 Å². The van der Waals surface area contributed by atoms with Gasteiger partial charge in [0.05, 0.1) is 11.3 Å². The summed E-state index contributed by atoms with van der Waals surface area (Å²) in [6, 6.07) is 10.6. The molecule has 7 nitrogen and oxygen atoms in total. The molecule has 1 aliphatic heterocycles. The lowest BCUT2D eigenvalue weighted by molar-refractivity contribution is -0.153. The number of nitrogens with zero attached hydrogens (tertiary/aromatic N) is 1. The van der Waals surface area contributed by atoms with Crippen molar-refractivity contribution in [3.05, 3.63) is 53.6 Å². The zero-order valence-electron chi connectivity index (χ0n) is 20.7. The standard InChI is InChI=1S/C26H32F3N3O4/c1-4-20(33)23(31-25(34)19-9-7-8-18-12-13-30-24(18)19)17(2)32(3)14-15-35-21-10-5-6-11-22(21)36-16-26(27,28)29/h5-11,17,23,30H,4,12-16H2,1-3H3,(H,31,34). The van der Waals surface area contributed by atoms with Crippen molar-refractivity contribution in [1.29, 1.82) is 0 Å². The molecule has 10 heteroatoms. The summed E-state index contributed by atoms with van der Waals surface area (Å²) in [4.78, 5) is 27.7. The van der Waals surface area contributed by atoms with Gasteiger partial charge in [0.15, 0.2) is 23.9 Å². The Morgan fingerprint density at radius 2 is 1.81 bits per heavy atom. The van der Waals surface area contributed by atoms with Crippen molar-refractivity contribution in [2.45, 2.75) is 44.9 Å². The summed E-state index contributed by atoms with van der Waals surface area (Å²) in [5, 5.41) is 6.14. The van der Waals surface area contributed by atoms with Crippen molar-refractivity contribution in [3.8, 4) is 11.5 Å². The Hall–Kier alpha value is -3.27. The summed E-state index contributed by atoms with van der Waals surface area (Å²) in [5.41, 5.74) is 2.38. The first-order chi connectivity index (χ1) is 17.1. The second-order valence-electron chi connectivity index (χ2n) is 8.71. The monoisotopic (exact) mass is 507 g/mol. The summed E-state index contributed by atoms with van der Waals surface area (Å²) in [5.74, 6) is -0.223. The molecule has 0 bridgehead atoms. The maximum Gasteiger partial charge on any atom is 0.422 e. The van der Waals surface area contributed by atoms with Crippen LogP contribution < -0.4 is 20.1 Å². The normalized spacial score (nSPS) is 14.5. The van der Waals surface area contributed by atoms with Crippen molar-refractivity contribution in [2.24, 2.45) is 0 Å². The number of ketones is 1. The number of amides is 1. The van der Waals surface area contributed by atoms with E-state index in [0.717, 1.165) is 24.2 Å². The van der Waals surface area contributed by atoms with Crippen LogP contribution in [-0.2, 0) is 11.2 Å². The largest absolute Gasteiger partial charge is 0.488 e. The highest BCUT2D eigenvalue weighted by Gasteiger charge is 2.31. The van der Waals surface area contributed by atoms with Gasteiger partial charge in [-0.15, -0.1) is 0 Å². The number of para-hydroxylation sites is 3. The van der Waals surface area contributed by atoms with Crippen molar-refractivity contribution in [1.82, 2.24) is 10.2 Å². The van der Waals surface area contributed by atoms with E-state index >= 15 is 0 Å². The lowest BCUT2D eigenvalue weighted by Crippen LogP contribution is -2.54. The van der Waals surface area contributed by atoms with Gasteiger partial charge < -0.3 is 20.1 Å². The van der Waals surface area contributed by atoms with E-state index in [1.807, 2.05) is 24.0 Å². The van der Waals surface area contributed by atoms with Gasteiger partial charge in [-0.2, -0.15) is 13.2 Å². The average molecular weight is 508 g/mol. The van der Waals surface area contributed by atoms with Crippen molar-refractivity contribution >= 4 is 17.4 Å². The number of halogens is 3. The van der Waals surface area contributed by atoms with Crippen LogP contribution in [0.4, 0.5) is 18.9 Å². The van der Waals surface area contributed by atoms with Crippen molar-refractivity contribution < 1.29 is 32.2 Å². The molecule has 0 saturated heterocycles. The molecule has 0 aliphatic carbocycles. The quantitative estimate of drug-likeness (QED) is 0.451. The Bertz CT molecular complexity index is 1060. The van der Waals surface area contributed by atoms with E-state index in [0.29, 0.717) is 12.1 Å². The SMILES string of the molecule is CCC(=O)C(NC(=O)c1cccc2c1NCC2)C(C)N(C)CCOc1ccccc1OCC(F)(F)F. The van der Waals surface area contributed by atoms with Gasteiger partial charge in [-0.1, -0.05) is 31.2 Å². The van der Waals surface area contributed by atoms with Crippen LogP contribution >= 0.6 is 0 Å². The predicted molar refractivity (Wildman–Crippen MR) is 131 cm³/mol. The summed E-state index contributed by atoms with van der Waals surface area (Å²) < 4.78 is 48.1. The van der Waals surface area contributed by atoms with Crippen molar-refractivity contribution in [2.75, 3.05) is 38.7 Å². The summed E-state index contributed by atoms with van der Waals surface area (Å²) in [7, 11) is 1.80. The molecule has 0 radical (unpaired) electrons. The van der Waals surface area contributed by atoms with Gasteiger partial charge in [-0.3, -0.25) is 14.5 Å². The number of likely N-dealkylation sites (N-methyl/N-ethyl adjacent to an activating group) is 1. The first-order valence-electron chi connectivity index (χ1n) is 11.9. The number of anilines is 1. The summed E-state index contributed by atoms with van der Waals surface area (Å²) in [6.45, 7) is 3.44. The third-order valence-electron chi connectivity index (χ3n) is 6.19. The number of Topliss-reactive ketones (excluding diaryl/α,β-unsaturated/α-hetero) is 1. The molecule has 1 aliphatic rings. The van der Waals surface area contributed by atoms with Gasteiger partial charge in [0.25, 0.3) is 5.91 Å². The third kappa shape index (κ3) is 7.13. The molecule has 1 amide bonds. The highest BCUT2D eigenvalue weighted by molar-refractivity contribution is 6.03. The van der Waals surface area contributed by atoms with Gasteiger partial charge >= 0.3 is 6.18 Å². The topological polar surface area (TPSA) is 79.9 Å². The average Bonchev–Trinajstić information content (AvgIpc) is 3.34. The molecule has 1 heterocycles. The molecule has 36 heavy (non-hydrogen) atoms. The van der Waals surface area contributed by atoms with Crippen LogP contribution in [-0.4, -0.2) is 68.2 Å². The molecule has 2 aromatic carbocycles. The second-order valence-corrected chi connectivity index (χ2v) is 8.71. The van der Waals surface area contributed by atoms with E-state index in [1.54, 1.807) is 32.2 Å².